The van der Waals surface area contributed by atoms with Gasteiger partial charge in [-0.2, -0.15) is 0 Å². The number of rotatable bonds is 3. The number of hydrogen-bond donors (Lipinski definition) is 1. The second-order valence-electron chi connectivity index (χ2n) is 4.05. The van der Waals surface area contributed by atoms with Crippen molar-refractivity contribution < 1.29 is 5.11 Å². The zero-order valence-corrected chi connectivity index (χ0v) is 11.7. The topological polar surface area (TPSA) is 32.6 Å². The molecule has 0 aliphatic carbocycles. The van der Waals surface area contributed by atoms with Crippen molar-refractivity contribution in [3.8, 4) is 5.75 Å². The van der Waals surface area contributed by atoms with E-state index in [1.54, 1.807) is 6.07 Å². The molecule has 0 saturated carbocycles. The number of aliphatic imine (C=N–C) groups is 1. The highest BCUT2D eigenvalue weighted by molar-refractivity contribution is 9.10. The molecule has 1 N–H and O–H groups in total. The van der Waals surface area contributed by atoms with Gasteiger partial charge in [0.25, 0.3) is 0 Å². The minimum atomic E-state index is 0.257. The van der Waals surface area contributed by atoms with Crippen molar-refractivity contribution in [2.24, 2.45) is 4.99 Å². The van der Waals surface area contributed by atoms with Gasteiger partial charge in [-0.25, -0.2) is 0 Å². The van der Waals surface area contributed by atoms with Gasteiger partial charge in [-0.05, 0) is 30.7 Å². The van der Waals surface area contributed by atoms with Crippen LogP contribution < -0.4 is 0 Å². The van der Waals surface area contributed by atoms with Gasteiger partial charge in [-0.3, -0.25) is 4.99 Å². The van der Waals surface area contributed by atoms with Crippen LogP contribution in [0.1, 0.15) is 18.1 Å². The first kappa shape index (κ1) is 12.8. The highest BCUT2D eigenvalue weighted by Gasteiger charge is 2.04. The standard InChI is InChI=1S/C15H14BrNO/c1-11(14-9-13(16)7-8-15(14)18)17-10-12-5-3-2-4-6-12/h2-9,18H,10H2,1H3/b17-11-. The van der Waals surface area contributed by atoms with Gasteiger partial charge in [0.1, 0.15) is 5.75 Å². The molecule has 2 aromatic carbocycles. The predicted octanol–water partition coefficient (Wildman–Crippen LogP) is 4.16. The van der Waals surface area contributed by atoms with Crippen LogP contribution in [0.15, 0.2) is 58.0 Å². The molecule has 18 heavy (non-hydrogen) atoms. The molecule has 92 valence electrons. The first-order chi connectivity index (χ1) is 8.66. The van der Waals surface area contributed by atoms with Gasteiger partial charge in [0.05, 0.1) is 6.54 Å². The Morgan fingerprint density at radius 3 is 2.61 bits per heavy atom. The molecule has 0 aliphatic rings. The Kier molecular flexibility index (Phi) is 4.15. The molecule has 0 saturated heterocycles. The largest absolute Gasteiger partial charge is 0.507 e. The third kappa shape index (κ3) is 3.20. The Balaban J connectivity index is 2.20. The van der Waals surface area contributed by atoms with Crippen LogP contribution in [0.2, 0.25) is 0 Å². The Bertz CT molecular complexity index is 564. The van der Waals surface area contributed by atoms with Gasteiger partial charge in [-0.1, -0.05) is 46.3 Å². The Morgan fingerprint density at radius 1 is 1.17 bits per heavy atom. The zero-order valence-electron chi connectivity index (χ0n) is 10.1. The SMILES string of the molecule is C/C(=N/Cc1ccccc1)c1cc(Br)ccc1O. The van der Waals surface area contributed by atoms with E-state index in [-0.39, 0.29) is 5.75 Å². The average Bonchev–Trinajstić information content (AvgIpc) is 2.40. The van der Waals surface area contributed by atoms with Crippen LogP contribution in [-0.2, 0) is 6.54 Å². The van der Waals surface area contributed by atoms with E-state index >= 15 is 0 Å². The van der Waals surface area contributed by atoms with Crippen LogP contribution in [-0.4, -0.2) is 10.8 Å². The van der Waals surface area contributed by atoms with Crippen LogP contribution in [0.3, 0.4) is 0 Å². The molecule has 0 radical (unpaired) electrons. The second-order valence-corrected chi connectivity index (χ2v) is 4.96. The summed E-state index contributed by atoms with van der Waals surface area (Å²) >= 11 is 3.39. The van der Waals surface area contributed by atoms with Gasteiger partial charge in [0, 0.05) is 15.7 Å². The highest BCUT2D eigenvalue weighted by Crippen LogP contribution is 2.22. The lowest BCUT2D eigenvalue weighted by Gasteiger charge is -2.05. The average molecular weight is 304 g/mol. The number of hydrogen-bond acceptors (Lipinski definition) is 2. The van der Waals surface area contributed by atoms with E-state index in [1.807, 2.05) is 49.4 Å². The molecule has 0 aliphatic heterocycles. The van der Waals surface area contributed by atoms with Gasteiger partial charge < -0.3 is 5.11 Å². The predicted molar refractivity (Wildman–Crippen MR) is 78.2 cm³/mol. The molecular formula is C15H14BrNO. The highest BCUT2D eigenvalue weighted by atomic mass is 79.9. The van der Waals surface area contributed by atoms with E-state index in [9.17, 15) is 5.11 Å². The fraction of sp³-hybridized carbons (Fsp3) is 0.133. The summed E-state index contributed by atoms with van der Waals surface area (Å²) < 4.78 is 0.935. The zero-order chi connectivity index (χ0) is 13.0. The van der Waals surface area contributed by atoms with Crippen LogP contribution in [0.4, 0.5) is 0 Å². The molecule has 2 rings (SSSR count). The number of phenols is 1. The molecule has 2 nitrogen and oxygen atoms in total. The van der Waals surface area contributed by atoms with Crippen molar-refractivity contribution >= 4 is 21.6 Å². The minimum absolute atomic E-state index is 0.257. The number of halogens is 1. The summed E-state index contributed by atoms with van der Waals surface area (Å²) in [7, 11) is 0. The van der Waals surface area contributed by atoms with E-state index in [1.165, 1.54) is 0 Å². The molecule has 0 aromatic heterocycles. The van der Waals surface area contributed by atoms with Crippen molar-refractivity contribution in [3.05, 3.63) is 64.1 Å². The summed E-state index contributed by atoms with van der Waals surface area (Å²) in [5.41, 5.74) is 2.75. The van der Waals surface area contributed by atoms with Crippen molar-refractivity contribution in [3.63, 3.8) is 0 Å². The van der Waals surface area contributed by atoms with E-state index < -0.39 is 0 Å². The lowest BCUT2D eigenvalue weighted by molar-refractivity contribution is 0.474. The van der Waals surface area contributed by atoms with Gasteiger partial charge in [-0.15, -0.1) is 0 Å². The van der Waals surface area contributed by atoms with Gasteiger partial charge >= 0.3 is 0 Å². The fourth-order valence-corrected chi connectivity index (χ4v) is 2.04. The van der Waals surface area contributed by atoms with Gasteiger partial charge in [0.2, 0.25) is 0 Å². The van der Waals surface area contributed by atoms with Crippen molar-refractivity contribution in [2.45, 2.75) is 13.5 Å². The van der Waals surface area contributed by atoms with Crippen LogP contribution in [0, 0.1) is 0 Å². The minimum Gasteiger partial charge on any atom is -0.507 e. The molecule has 0 unspecified atom stereocenters. The van der Waals surface area contributed by atoms with Crippen molar-refractivity contribution in [1.29, 1.82) is 0 Å². The Hall–Kier alpha value is -1.61. The number of benzene rings is 2. The maximum absolute atomic E-state index is 9.80. The molecule has 3 heteroatoms. The van der Waals surface area contributed by atoms with Crippen LogP contribution >= 0.6 is 15.9 Å². The Morgan fingerprint density at radius 2 is 1.89 bits per heavy atom. The molecule has 2 aromatic rings. The lowest BCUT2D eigenvalue weighted by Crippen LogP contribution is -1.96. The maximum atomic E-state index is 9.80. The molecular weight excluding hydrogens is 290 g/mol. The molecule has 0 heterocycles. The molecule has 0 bridgehead atoms. The summed E-state index contributed by atoms with van der Waals surface area (Å²) in [4.78, 5) is 4.50. The molecule has 0 amide bonds. The number of aromatic hydroxyl groups is 1. The first-order valence-electron chi connectivity index (χ1n) is 5.70. The van der Waals surface area contributed by atoms with Crippen LogP contribution in [0.25, 0.3) is 0 Å². The molecule has 0 atom stereocenters. The van der Waals surface area contributed by atoms with Gasteiger partial charge in [0.15, 0.2) is 0 Å². The summed E-state index contributed by atoms with van der Waals surface area (Å²) in [6.07, 6.45) is 0. The summed E-state index contributed by atoms with van der Waals surface area (Å²) in [5.74, 6) is 0.257. The van der Waals surface area contributed by atoms with Crippen LogP contribution in [0.5, 0.6) is 5.75 Å². The smallest absolute Gasteiger partial charge is 0.124 e. The monoisotopic (exact) mass is 303 g/mol. The fourth-order valence-electron chi connectivity index (χ4n) is 1.68. The number of phenolic OH excluding ortho intramolecular Hbond substituents is 1. The summed E-state index contributed by atoms with van der Waals surface area (Å²) in [6, 6.07) is 15.4. The van der Waals surface area contributed by atoms with E-state index in [2.05, 4.69) is 20.9 Å². The summed E-state index contributed by atoms with van der Waals surface area (Å²) in [5, 5.41) is 9.80. The summed E-state index contributed by atoms with van der Waals surface area (Å²) in [6.45, 7) is 2.53. The van der Waals surface area contributed by atoms with E-state index in [0.29, 0.717) is 6.54 Å². The van der Waals surface area contributed by atoms with E-state index in [4.69, 9.17) is 0 Å². The number of nitrogens with zero attached hydrogens (tertiary/aromatic N) is 1. The normalized spacial score (nSPS) is 11.6. The Labute approximate surface area is 115 Å². The molecule has 0 fully saturated rings. The third-order valence-corrected chi connectivity index (χ3v) is 3.18. The van der Waals surface area contributed by atoms with Crippen molar-refractivity contribution in [2.75, 3.05) is 0 Å². The lowest BCUT2D eigenvalue weighted by atomic mass is 10.1. The van der Waals surface area contributed by atoms with E-state index in [0.717, 1.165) is 21.3 Å². The molecule has 0 spiro atoms. The quantitative estimate of drug-likeness (QED) is 0.848. The van der Waals surface area contributed by atoms with Crippen molar-refractivity contribution in [1.82, 2.24) is 0 Å². The second kappa shape index (κ2) is 5.83. The first-order valence-corrected chi connectivity index (χ1v) is 6.50. The maximum Gasteiger partial charge on any atom is 0.124 e. The third-order valence-electron chi connectivity index (χ3n) is 2.69.